The molecule has 0 radical (unpaired) electrons. The molecule has 6 rings (SSSR count). The highest BCUT2D eigenvalue weighted by Gasteiger charge is 2.12. The quantitative estimate of drug-likeness (QED) is 0.0971. The molecule has 6 heterocycles. The van der Waals surface area contributed by atoms with E-state index in [0.29, 0.717) is 40.8 Å². The minimum atomic E-state index is -0.0463. The second-order valence-electron chi connectivity index (χ2n) is 18.0. The zero-order chi connectivity index (χ0) is 53.6. The summed E-state index contributed by atoms with van der Waals surface area (Å²) in [7, 11) is 3.28. The number of rotatable bonds is 8. The maximum atomic E-state index is 11.4. The third-order valence-electron chi connectivity index (χ3n) is 8.76. The number of hydrogen-bond donors (Lipinski definition) is 5. The lowest BCUT2D eigenvalue weighted by Gasteiger charge is -2.02. The monoisotopic (exact) mass is 1020 g/mol. The fourth-order valence-electron chi connectivity index (χ4n) is 4.44. The number of amidine groups is 1. The molecule has 5 N–H and O–H groups in total. The summed E-state index contributed by atoms with van der Waals surface area (Å²) in [5.41, 5.74) is 6.88. The highest BCUT2D eigenvalue weighted by molar-refractivity contribution is 7.05. The van der Waals surface area contributed by atoms with Crippen molar-refractivity contribution in [3.8, 4) is 0 Å². The minimum Gasteiger partial charge on any atom is -0.472 e. The van der Waals surface area contributed by atoms with Crippen molar-refractivity contribution in [2.75, 3.05) is 14.1 Å². The van der Waals surface area contributed by atoms with Gasteiger partial charge in [0.05, 0.1) is 23.9 Å². The third-order valence-corrected chi connectivity index (χ3v) is 10.5. The van der Waals surface area contributed by atoms with Gasteiger partial charge < -0.3 is 24.4 Å². The molecular weight excluding hydrogens is 931 g/mol. The van der Waals surface area contributed by atoms with E-state index in [-0.39, 0.29) is 53.9 Å². The Hall–Kier alpha value is -5.76. The fourth-order valence-corrected chi connectivity index (χ4v) is 5.80. The molecule has 396 valence electrons. The van der Waals surface area contributed by atoms with Gasteiger partial charge in [-0.05, 0) is 56.8 Å². The van der Waals surface area contributed by atoms with Crippen LogP contribution in [-0.2, 0) is 14.4 Å². The van der Waals surface area contributed by atoms with Gasteiger partial charge in [-0.1, -0.05) is 123 Å². The second-order valence-corrected chi connectivity index (χ2v) is 19.4. The number of hydroxylamine groups is 1. The van der Waals surface area contributed by atoms with Crippen LogP contribution in [0.4, 0.5) is 0 Å². The highest BCUT2D eigenvalue weighted by atomic mass is 32.1. The van der Waals surface area contributed by atoms with Crippen molar-refractivity contribution in [1.82, 2.24) is 49.6 Å². The number of hydrogen-bond acceptors (Lipinski definition) is 16. The number of carbonyl (C=O) groups is 2. The number of aromatic nitrogens is 7. The molecule has 1 aliphatic rings. The third kappa shape index (κ3) is 30.0. The van der Waals surface area contributed by atoms with Gasteiger partial charge in [-0.3, -0.25) is 28.7 Å². The Morgan fingerprint density at radius 1 is 0.714 bits per heavy atom. The Kier molecular flexibility index (Phi) is 36.3. The molecule has 2 amide bonds. The van der Waals surface area contributed by atoms with Crippen LogP contribution in [0.2, 0.25) is 0 Å². The average molecular weight is 1020 g/mol. The van der Waals surface area contributed by atoms with E-state index < -0.39 is 0 Å². The van der Waals surface area contributed by atoms with Gasteiger partial charge in [0.25, 0.3) is 5.56 Å². The van der Waals surface area contributed by atoms with Crippen molar-refractivity contribution in [2.24, 2.45) is 22.7 Å². The number of aryl methyl sites for hydroxylation is 3. The van der Waals surface area contributed by atoms with E-state index in [4.69, 9.17) is 13.8 Å². The zero-order valence-electron chi connectivity index (χ0n) is 45.1. The molecule has 70 heavy (non-hydrogen) atoms. The molecule has 18 nitrogen and oxygen atoms in total. The first-order chi connectivity index (χ1) is 32.1. The Balaban J connectivity index is -0.000000734. The van der Waals surface area contributed by atoms with Crippen molar-refractivity contribution < 1.29 is 23.4 Å². The van der Waals surface area contributed by atoms with Crippen LogP contribution in [0.3, 0.4) is 0 Å². The van der Waals surface area contributed by atoms with Gasteiger partial charge in [-0.2, -0.15) is 18.8 Å². The Morgan fingerprint density at radius 2 is 1.29 bits per heavy atom. The van der Waals surface area contributed by atoms with Crippen LogP contribution >= 0.6 is 23.3 Å². The Morgan fingerprint density at radius 3 is 1.50 bits per heavy atom. The standard InChI is InChI=1S/C9H12O2.C7H11NO.C7H11NS.C6H10N2O.C5H9N3.C5H8N2OS.2C5H11NO.CH4/c1-6(2)8-5-11-4-7(3)9(8)10;2*1-5(2)7-4-6(3)8-9-7;1-4(2)6-7-5(3)9-8-6;1-4(2)5-6-3-7-8-5;1-3(2)4-5(8)7-9-6-4;2*1-4(2)5(7)6-3;/h4-6H,1-3H3;2*4-5H,1-3H3;4H,3H2,1-2H3,(H,7,8);3-4H,1-2H3,(H,6,7,8);3H,1-2H3,(H,7,8);2*4H,1-3H3,(H,6,7);1H4. The highest BCUT2D eigenvalue weighted by Crippen LogP contribution is 2.19. The van der Waals surface area contributed by atoms with Crippen LogP contribution in [0.15, 0.2) is 67.0 Å². The Labute approximate surface area is 426 Å². The number of aliphatic imine (C=N–C) groups is 1. The molecular formula is C50H87N11O7S2. The van der Waals surface area contributed by atoms with E-state index in [1.807, 2.05) is 89.2 Å². The van der Waals surface area contributed by atoms with Gasteiger partial charge in [0.2, 0.25) is 17.7 Å². The number of H-pyrrole nitrogens is 2. The largest absolute Gasteiger partial charge is 0.472 e. The summed E-state index contributed by atoms with van der Waals surface area (Å²) in [6.45, 7) is 41.3. The number of nitrogens with one attached hydrogen (secondary N) is 5. The Bertz CT molecular complexity index is 2240. The normalized spacial score (nSPS) is 11.0. The summed E-state index contributed by atoms with van der Waals surface area (Å²) < 4.78 is 20.6. The lowest BCUT2D eigenvalue weighted by Crippen LogP contribution is -2.22. The van der Waals surface area contributed by atoms with Crippen molar-refractivity contribution in [3.63, 3.8) is 0 Å². The molecule has 0 unspecified atom stereocenters. The fraction of sp³-hybridized carbons (Fsp3) is 0.600. The van der Waals surface area contributed by atoms with Gasteiger partial charge in [-0.15, -0.1) is 0 Å². The van der Waals surface area contributed by atoms with Gasteiger partial charge >= 0.3 is 0 Å². The second kappa shape index (κ2) is 37.1. The molecule has 0 fully saturated rings. The molecule has 0 aliphatic carbocycles. The van der Waals surface area contributed by atoms with E-state index in [9.17, 15) is 19.2 Å². The first kappa shape index (κ1) is 68.5. The van der Waals surface area contributed by atoms with Gasteiger partial charge in [0.15, 0.2) is 5.43 Å². The summed E-state index contributed by atoms with van der Waals surface area (Å²) in [6, 6.07) is 4.11. The van der Waals surface area contributed by atoms with Crippen molar-refractivity contribution in [2.45, 2.75) is 169 Å². The van der Waals surface area contributed by atoms with E-state index in [1.54, 1.807) is 32.6 Å². The summed E-state index contributed by atoms with van der Waals surface area (Å²) in [6.07, 6.45) is 4.53. The molecule has 0 saturated carbocycles. The molecule has 0 aromatic carbocycles. The van der Waals surface area contributed by atoms with Crippen LogP contribution in [-0.4, -0.2) is 65.2 Å². The number of carbonyl (C=O) groups excluding carboxylic acids is 2. The molecule has 0 saturated heterocycles. The van der Waals surface area contributed by atoms with Crippen molar-refractivity contribution in [1.29, 1.82) is 0 Å². The maximum Gasteiger partial charge on any atom is 0.281 e. The molecule has 0 atom stereocenters. The van der Waals surface area contributed by atoms with Crippen LogP contribution in [0.1, 0.15) is 192 Å². The summed E-state index contributed by atoms with van der Waals surface area (Å²) >= 11 is 2.71. The first-order valence-electron chi connectivity index (χ1n) is 23.1. The topological polar surface area (TPSA) is 248 Å². The minimum absolute atomic E-state index is 0. The zero-order valence-corrected chi connectivity index (χ0v) is 46.7. The SMILES string of the molecule is C.C=C1N=C(C(C)C)NO1.CC(C)c1ncn[nH]1.CC(C)c1ns[nH]c1=O.CNC(=O)C(C)C.CNC(=O)C(C)C.Cc1cc(C(C)C)on1.Cc1cc(C(C)C)sn1.Cc1cocc(C(C)C)c1=O. The number of aromatic amines is 2. The molecule has 5 aromatic heterocycles. The number of nitrogens with zero attached hydrogens (tertiary/aromatic N) is 6. The summed E-state index contributed by atoms with van der Waals surface area (Å²) in [5, 5.41) is 15.3. The lowest BCUT2D eigenvalue weighted by molar-refractivity contribution is -0.124. The van der Waals surface area contributed by atoms with Gasteiger partial charge in [0, 0.05) is 83.4 Å². The lowest BCUT2D eigenvalue weighted by atomic mass is 10.0. The van der Waals surface area contributed by atoms with E-state index >= 15 is 0 Å². The first-order valence-corrected chi connectivity index (χ1v) is 24.6. The van der Waals surface area contributed by atoms with Gasteiger partial charge in [0.1, 0.15) is 29.4 Å². The predicted octanol–water partition coefficient (Wildman–Crippen LogP) is 11.1. The van der Waals surface area contributed by atoms with Crippen molar-refractivity contribution >= 4 is 40.9 Å². The molecule has 20 heteroatoms. The predicted molar refractivity (Wildman–Crippen MR) is 288 cm³/mol. The van der Waals surface area contributed by atoms with Crippen LogP contribution < -0.4 is 27.1 Å². The molecule has 1 aliphatic heterocycles. The molecule has 0 bridgehead atoms. The number of amides is 2. The van der Waals surface area contributed by atoms with E-state index in [2.05, 4.69) is 109 Å². The van der Waals surface area contributed by atoms with Gasteiger partial charge in [-0.25, -0.2) is 10.5 Å². The summed E-state index contributed by atoms with van der Waals surface area (Å²) in [5.74, 6) is 6.03. The van der Waals surface area contributed by atoms with E-state index in [0.717, 1.165) is 46.1 Å². The van der Waals surface area contributed by atoms with Crippen LogP contribution in [0, 0.1) is 38.5 Å². The van der Waals surface area contributed by atoms with Crippen molar-refractivity contribution in [3.05, 3.63) is 109 Å². The van der Waals surface area contributed by atoms with E-state index in [1.165, 1.54) is 23.7 Å². The molecule has 0 spiro atoms. The maximum absolute atomic E-state index is 11.4. The van der Waals surface area contributed by atoms with Crippen LogP contribution in [0.25, 0.3) is 0 Å². The smallest absolute Gasteiger partial charge is 0.281 e. The molecule has 5 aromatic rings. The summed E-state index contributed by atoms with van der Waals surface area (Å²) in [4.78, 5) is 57.0. The van der Waals surface area contributed by atoms with Crippen LogP contribution in [0.5, 0.6) is 0 Å². The average Bonchev–Trinajstić information content (AvgIpc) is 4.15.